The molecule has 0 spiro atoms. The number of aryl methyl sites for hydroxylation is 1. The molecule has 2 rings (SSSR count). The summed E-state index contributed by atoms with van der Waals surface area (Å²) < 4.78 is 5.37. The molecule has 20 heavy (non-hydrogen) atoms. The zero-order chi connectivity index (χ0) is 14.5. The number of rotatable bonds is 4. The average Bonchev–Trinajstić information content (AvgIpc) is 2.47. The SMILES string of the molecule is COc1ccc(C)cc1CN(C)C(=O)[C@H]1CCCCN1. The molecule has 110 valence electrons. The number of ether oxygens (including phenoxy) is 1. The van der Waals surface area contributed by atoms with E-state index >= 15 is 0 Å². The number of carbonyl (C=O) groups excluding carboxylic acids is 1. The van der Waals surface area contributed by atoms with Crippen LogP contribution in [0.25, 0.3) is 0 Å². The van der Waals surface area contributed by atoms with Crippen molar-refractivity contribution in [3.63, 3.8) is 0 Å². The third-order valence-electron chi connectivity index (χ3n) is 3.83. The molecule has 1 N–H and O–H groups in total. The third kappa shape index (κ3) is 3.51. The van der Waals surface area contributed by atoms with Gasteiger partial charge in [-0.25, -0.2) is 0 Å². The van der Waals surface area contributed by atoms with Crippen molar-refractivity contribution in [2.45, 2.75) is 38.8 Å². The maximum Gasteiger partial charge on any atom is 0.239 e. The number of benzene rings is 1. The zero-order valence-corrected chi connectivity index (χ0v) is 12.6. The van der Waals surface area contributed by atoms with E-state index in [1.165, 1.54) is 12.0 Å². The van der Waals surface area contributed by atoms with Crippen molar-refractivity contribution >= 4 is 5.91 Å². The zero-order valence-electron chi connectivity index (χ0n) is 12.6. The maximum absolute atomic E-state index is 12.4. The van der Waals surface area contributed by atoms with Gasteiger partial charge in [0.2, 0.25) is 5.91 Å². The fourth-order valence-electron chi connectivity index (χ4n) is 2.69. The third-order valence-corrected chi connectivity index (χ3v) is 3.83. The van der Waals surface area contributed by atoms with Crippen molar-refractivity contribution in [1.29, 1.82) is 0 Å². The van der Waals surface area contributed by atoms with Crippen LogP contribution in [-0.4, -0.2) is 37.6 Å². The molecule has 1 aromatic carbocycles. The fraction of sp³-hybridized carbons (Fsp3) is 0.562. The second-order valence-corrected chi connectivity index (χ2v) is 5.51. The van der Waals surface area contributed by atoms with Gasteiger partial charge in [0.15, 0.2) is 0 Å². The van der Waals surface area contributed by atoms with Crippen LogP contribution in [0.3, 0.4) is 0 Å². The van der Waals surface area contributed by atoms with E-state index in [1.54, 1.807) is 12.0 Å². The van der Waals surface area contributed by atoms with E-state index in [0.29, 0.717) is 6.54 Å². The van der Waals surface area contributed by atoms with Gasteiger partial charge in [-0.1, -0.05) is 24.1 Å². The van der Waals surface area contributed by atoms with Crippen LogP contribution in [0.1, 0.15) is 30.4 Å². The van der Waals surface area contributed by atoms with Crippen LogP contribution in [0.4, 0.5) is 0 Å². The Kier molecular flexibility index (Phi) is 5.01. The first kappa shape index (κ1) is 14.9. The normalized spacial score (nSPS) is 18.6. The maximum atomic E-state index is 12.4. The molecule has 1 heterocycles. The first-order valence-corrected chi connectivity index (χ1v) is 7.23. The Labute approximate surface area is 121 Å². The van der Waals surface area contributed by atoms with Crippen molar-refractivity contribution < 1.29 is 9.53 Å². The monoisotopic (exact) mass is 276 g/mol. The van der Waals surface area contributed by atoms with Crippen LogP contribution < -0.4 is 10.1 Å². The van der Waals surface area contributed by atoms with Crippen molar-refractivity contribution in [3.8, 4) is 5.75 Å². The molecule has 1 fully saturated rings. The van der Waals surface area contributed by atoms with Gasteiger partial charge in [-0.05, 0) is 32.4 Å². The minimum Gasteiger partial charge on any atom is -0.496 e. The molecule has 0 saturated carbocycles. The van der Waals surface area contributed by atoms with E-state index in [-0.39, 0.29) is 11.9 Å². The highest BCUT2D eigenvalue weighted by Gasteiger charge is 2.24. The summed E-state index contributed by atoms with van der Waals surface area (Å²) in [6.07, 6.45) is 3.23. The van der Waals surface area contributed by atoms with E-state index < -0.39 is 0 Å². The second kappa shape index (κ2) is 6.75. The molecule has 0 unspecified atom stereocenters. The summed E-state index contributed by atoms with van der Waals surface area (Å²) in [5.74, 6) is 1.01. The van der Waals surface area contributed by atoms with E-state index in [4.69, 9.17) is 4.74 Å². The molecule has 4 nitrogen and oxygen atoms in total. The summed E-state index contributed by atoms with van der Waals surface area (Å²) in [5, 5.41) is 3.30. The van der Waals surface area contributed by atoms with Crippen LogP contribution in [-0.2, 0) is 11.3 Å². The summed E-state index contributed by atoms with van der Waals surface area (Å²) in [7, 11) is 3.53. The highest BCUT2D eigenvalue weighted by molar-refractivity contribution is 5.81. The van der Waals surface area contributed by atoms with Gasteiger partial charge in [-0.2, -0.15) is 0 Å². The Bertz CT molecular complexity index is 468. The number of amides is 1. The van der Waals surface area contributed by atoms with E-state index in [1.807, 2.05) is 26.1 Å². The molecular formula is C16H24N2O2. The smallest absolute Gasteiger partial charge is 0.239 e. The van der Waals surface area contributed by atoms with Crippen LogP contribution in [0.5, 0.6) is 5.75 Å². The molecule has 0 bridgehead atoms. The molecule has 0 radical (unpaired) electrons. The molecule has 1 amide bonds. The van der Waals surface area contributed by atoms with E-state index in [0.717, 1.165) is 30.7 Å². The molecule has 0 aromatic heterocycles. The van der Waals surface area contributed by atoms with Gasteiger partial charge in [-0.15, -0.1) is 0 Å². The van der Waals surface area contributed by atoms with Crippen LogP contribution in [0.15, 0.2) is 18.2 Å². The Morgan fingerprint density at radius 3 is 2.90 bits per heavy atom. The Hall–Kier alpha value is -1.55. The van der Waals surface area contributed by atoms with Crippen LogP contribution >= 0.6 is 0 Å². The predicted octanol–water partition coefficient (Wildman–Crippen LogP) is 2.10. The summed E-state index contributed by atoms with van der Waals surface area (Å²) in [4.78, 5) is 14.2. The lowest BCUT2D eigenvalue weighted by Crippen LogP contribution is -2.47. The van der Waals surface area contributed by atoms with E-state index in [9.17, 15) is 4.79 Å². The molecule has 1 aromatic rings. The molecule has 1 aliphatic rings. The highest BCUT2D eigenvalue weighted by Crippen LogP contribution is 2.21. The van der Waals surface area contributed by atoms with Crippen LogP contribution in [0, 0.1) is 6.92 Å². The summed E-state index contributed by atoms with van der Waals surface area (Å²) >= 11 is 0. The molecular weight excluding hydrogens is 252 g/mol. The standard InChI is InChI=1S/C16H24N2O2/c1-12-7-8-15(20-3)13(10-12)11-18(2)16(19)14-6-4-5-9-17-14/h7-8,10,14,17H,4-6,9,11H2,1-3H3/t14-/m1/s1. The van der Waals surface area contributed by atoms with Crippen molar-refractivity contribution in [1.82, 2.24) is 10.2 Å². The predicted molar refractivity (Wildman–Crippen MR) is 79.8 cm³/mol. The van der Waals surface area contributed by atoms with Gasteiger partial charge in [0, 0.05) is 19.2 Å². The minimum atomic E-state index is -0.0236. The number of nitrogens with zero attached hydrogens (tertiary/aromatic N) is 1. The number of carbonyl (C=O) groups is 1. The van der Waals surface area contributed by atoms with Crippen LogP contribution in [0.2, 0.25) is 0 Å². The molecule has 1 aliphatic heterocycles. The number of likely N-dealkylation sites (N-methyl/N-ethyl adjacent to an activating group) is 1. The Morgan fingerprint density at radius 1 is 1.45 bits per heavy atom. The lowest BCUT2D eigenvalue weighted by atomic mass is 10.0. The molecule has 0 aliphatic carbocycles. The molecule has 1 saturated heterocycles. The Balaban J connectivity index is 2.04. The summed E-state index contributed by atoms with van der Waals surface area (Å²) in [5.41, 5.74) is 2.23. The lowest BCUT2D eigenvalue weighted by molar-refractivity contribution is -0.133. The van der Waals surface area contributed by atoms with Gasteiger partial charge in [-0.3, -0.25) is 4.79 Å². The minimum absolute atomic E-state index is 0.0236. The number of hydrogen-bond donors (Lipinski definition) is 1. The number of nitrogens with one attached hydrogen (secondary N) is 1. The van der Waals surface area contributed by atoms with Crippen molar-refractivity contribution in [2.24, 2.45) is 0 Å². The number of piperidine rings is 1. The Morgan fingerprint density at radius 2 is 2.25 bits per heavy atom. The van der Waals surface area contributed by atoms with Gasteiger partial charge < -0.3 is 15.0 Å². The van der Waals surface area contributed by atoms with Gasteiger partial charge in [0.05, 0.1) is 13.2 Å². The van der Waals surface area contributed by atoms with Crippen molar-refractivity contribution in [3.05, 3.63) is 29.3 Å². The molecule has 4 heteroatoms. The highest BCUT2D eigenvalue weighted by atomic mass is 16.5. The lowest BCUT2D eigenvalue weighted by Gasteiger charge is -2.28. The van der Waals surface area contributed by atoms with Crippen molar-refractivity contribution in [2.75, 3.05) is 20.7 Å². The molecule has 1 atom stereocenters. The number of methoxy groups -OCH3 is 1. The van der Waals surface area contributed by atoms with Gasteiger partial charge in [0.25, 0.3) is 0 Å². The topological polar surface area (TPSA) is 41.6 Å². The number of hydrogen-bond acceptors (Lipinski definition) is 3. The largest absolute Gasteiger partial charge is 0.496 e. The second-order valence-electron chi connectivity index (χ2n) is 5.51. The first-order chi connectivity index (χ1) is 9.61. The fourth-order valence-corrected chi connectivity index (χ4v) is 2.69. The summed E-state index contributed by atoms with van der Waals surface area (Å²) in [6, 6.07) is 6.04. The summed E-state index contributed by atoms with van der Waals surface area (Å²) in [6.45, 7) is 3.58. The van der Waals surface area contributed by atoms with Gasteiger partial charge in [0.1, 0.15) is 5.75 Å². The van der Waals surface area contributed by atoms with Gasteiger partial charge >= 0.3 is 0 Å². The quantitative estimate of drug-likeness (QED) is 0.915. The average molecular weight is 276 g/mol. The first-order valence-electron chi connectivity index (χ1n) is 7.23. The van der Waals surface area contributed by atoms with E-state index in [2.05, 4.69) is 11.4 Å².